The maximum Gasteiger partial charge on any atom is 0.193 e. The van der Waals surface area contributed by atoms with Gasteiger partial charge in [0.05, 0.1) is 40.3 Å². The van der Waals surface area contributed by atoms with E-state index in [-0.39, 0.29) is 15.7 Å². The smallest absolute Gasteiger partial charge is 0.193 e. The van der Waals surface area contributed by atoms with E-state index >= 15 is 0 Å². The first-order chi connectivity index (χ1) is 17.8. The van der Waals surface area contributed by atoms with Crippen LogP contribution in [-0.2, 0) is 33.4 Å². The summed E-state index contributed by atoms with van der Waals surface area (Å²) in [4.78, 5) is 16.5. The van der Waals surface area contributed by atoms with Crippen LogP contribution >= 0.6 is 22.9 Å². The van der Waals surface area contributed by atoms with Crippen LogP contribution in [0.5, 0.6) is 5.75 Å². The molecule has 7 nitrogen and oxygen atoms in total. The second-order valence-electron chi connectivity index (χ2n) is 8.68. The molecule has 37 heavy (non-hydrogen) atoms. The number of carbonyl (C=O) groups excluding carboxylic acids is 1. The van der Waals surface area contributed by atoms with E-state index in [1.165, 1.54) is 6.07 Å². The second kappa shape index (κ2) is 10.6. The lowest BCUT2D eigenvalue weighted by Crippen LogP contribution is -2.12. The molecule has 0 saturated heterocycles. The van der Waals surface area contributed by atoms with E-state index < -0.39 is 9.84 Å². The number of ether oxygens (including phenoxy) is 1. The minimum Gasteiger partial charge on any atom is -0.496 e. The Hall–Kier alpha value is -3.27. The highest BCUT2D eigenvalue weighted by molar-refractivity contribution is 7.92. The first-order valence-corrected chi connectivity index (χ1v) is 14.5. The number of aryl methyl sites for hydroxylation is 1. The van der Waals surface area contributed by atoms with Crippen molar-refractivity contribution in [2.24, 2.45) is 4.99 Å². The molecule has 0 bridgehead atoms. The molecule has 0 unspecified atom stereocenters. The average molecular weight is 554 g/mol. The lowest BCUT2D eigenvalue weighted by Gasteiger charge is -2.08. The number of nitrogens with zero attached hydrogens (tertiary/aromatic N) is 3. The number of aromatic nitrogens is 2. The molecule has 4 aromatic rings. The Morgan fingerprint density at radius 2 is 1.95 bits per heavy atom. The predicted molar refractivity (Wildman–Crippen MR) is 147 cm³/mol. The fourth-order valence-electron chi connectivity index (χ4n) is 4.39. The van der Waals surface area contributed by atoms with Gasteiger partial charge < -0.3 is 4.74 Å². The van der Waals surface area contributed by atoms with Crippen molar-refractivity contribution in [3.8, 4) is 5.75 Å². The van der Waals surface area contributed by atoms with Crippen LogP contribution in [0, 0.1) is 0 Å². The van der Waals surface area contributed by atoms with Gasteiger partial charge in [-0.2, -0.15) is 5.10 Å². The van der Waals surface area contributed by atoms with Crippen molar-refractivity contribution in [3.63, 3.8) is 0 Å². The number of halogens is 1. The van der Waals surface area contributed by atoms with E-state index in [2.05, 4.69) is 11.1 Å². The zero-order valence-electron chi connectivity index (χ0n) is 20.1. The van der Waals surface area contributed by atoms with E-state index in [9.17, 15) is 13.2 Å². The number of carbonyl (C=O) groups is 1. The Morgan fingerprint density at radius 3 is 2.68 bits per heavy atom. The van der Waals surface area contributed by atoms with Crippen LogP contribution in [0.2, 0.25) is 4.34 Å². The maximum absolute atomic E-state index is 13.1. The number of hydrogen-bond acceptors (Lipinski definition) is 7. The van der Waals surface area contributed by atoms with Crippen LogP contribution in [-0.4, -0.2) is 36.8 Å². The summed E-state index contributed by atoms with van der Waals surface area (Å²) in [7, 11) is -2.08. The monoisotopic (exact) mass is 553 g/mol. The van der Waals surface area contributed by atoms with Crippen LogP contribution in [0.1, 0.15) is 29.7 Å². The SMILES string of the molecule is COc1cccc2c1c(CS(=O)(=O)c1ccc(Cl)s1)nn2Cc1cccc(CCC(=O)C2=NC=CC2)c1. The van der Waals surface area contributed by atoms with Crippen molar-refractivity contribution in [2.45, 2.75) is 35.8 Å². The number of ketones is 1. The summed E-state index contributed by atoms with van der Waals surface area (Å²) >= 11 is 7.01. The topological polar surface area (TPSA) is 90.6 Å². The van der Waals surface area contributed by atoms with Gasteiger partial charge in [-0.3, -0.25) is 14.5 Å². The predicted octanol–water partition coefficient (Wildman–Crippen LogP) is 5.64. The molecule has 0 N–H and O–H groups in total. The van der Waals surface area contributed by atoms with Crippen LogP contribution in [0.15, 0.2) is 76.1 Å². The van der Waals surface area contributed by atoms with Gasteiger partial charge in [0.25, 0.3) is 0 Å². The van der Waals surface area contributed by atoms with Gasteiger partial charge in [-0.1, -0.05) is 48.0 Å². The van der Waals surface area contributed by atoms with E-state index in [0.717, 1.165) is 28.0 Å². The lowest BCUT2D eigenvalue weighted by molar-refractivity contribution is -0.113. The number of methoxy groups -OCH3 is 1. The highest BCUT2D eigenvalue weighted by atomic mass is 35.5. The average Bonchev–Trinajstić information content (AvgIpc) is 3.64. The summed E-state index contributed by atoms with van der Waals surface area (Å²) in [6, 6.07) is 16.7. The van der Waals surface area contributed by atoms with Gasteiger partial charge in [0, 0.05) is 19.0 Å². The van der Waals surface area contributed by atoms with Crippen molar-refractivity contribution < 1.29 is 17.9 Å². The normalized spacial score (nSPS) is 13.3. The van der Waals surface area contributed by atoms with Gasteiger partial charge in [0.1, 0.15) is 15.7 Å². The molecule has 10 heteroatoms. The molecule has 1 aliphatic heterocycles. The molecule has 0 fully saturated rings. The number of aliphatic imine (C=N–C) groups is 1. The minimum atomic E-state index is -3.64. The number of benzene rings is 2. The van der Waals surface area contributed by atoms with Crippen molar-refractivity contribution in [2.75, 3.05) is 7.11 Å². The van der Waals surface area contributed by atoms with Crippen molar-refractivity contribution in [1.29, 1.82) is 0 Å². The Kier molecular flexibility index (Phi) is 7.28. The van der Waals surface area contributed by atoms with E-state index in [1.54, 1.807) is 30.1 Å². The number of sulfone groups is 1. The van der Waals surface area contributed by atoms with Crippen molar-refractivity contribution in [3.05, 3.63) is 88.0 Å². The van der Waals surface area contributed by atoms with Crippen molar-refractivity contribution >= 4 is 55.2 Å². The number of allylic oxidation sites excluding steroid dienone is 1. The second-order valence-corrected chi connectivity index (χ2v) is 12.6. The summed E-state index contributed by atoms with van der Waals surface area (Å²) < 4.78 is 34.2. The third kappa shape index (κ3) is 5.53. The van der Waals surface area contributed by atoms with Crippen molar-refractivity contribution in [1.82, 2.24) is 9.78 Å². The molecule has 5 rings (SSSR count). The maximum atomic E-state index is 13.1. The standard InChI is InChI=1S/C27H24ClN3O4S2/c1-35-24-9-3-8-22-27(24)21(17-37(33,34)26-13-12-25(28)36-26)30-31(22)16-19-6-2-5-18(15-19)10-11-23(32)20-7-4-14-29-20/h2-6,8-9,12-15H,7,10-11,16-17H2,1H3. The first kappa shape index (κ1) is 25.4. The Morgan fingerprint density at radius 1 is 1.14 bits per heavy atom. The molecule has 0 saturated carbocycles. The van der Waals surface area contributed by atoms with Crippen LogP contribution < -0.4 is 4.74 Å². The molecule has 3 heterocycles. The largest absolute Gasteiger partial charge is 0.496 e. The van der Waals surface area contributed by atoms with Crippen LogP contribution in [0.25, 0.3) is 10.9 Å². The number of Topliss-reactive ketones (excluding diaryl/α,β-unsaturated/α-hetero) is 1. The third-order valence-electron chi connectivity index (χ3n) is 6.15. The molecule has 0 radical (unpaired) electrons. The highest BCUT2D eigenvalue weighted by Crippen LogP contribution is 2.33. The minimum absolute atomic E-state index is 0.0680. The van der Waals surface area contributed by atoms with Gasteiger partial charge >= 0.3 is 0 Å². The fraction of sp³-hybridized carbons (Fsp3) is 0.222. The molecular weight excluding hydrogens is 530 g/mol. The van der Waals surface area contributed by atoms with E-state index in [1.807, 2.05) is 36.4 Å². The molecule has 1 aliphatic rings. The Labute approximate surface area is 224 Å². The van der Waals surface area contributed by atoms with E-state index in [0.29, 0.717) is 52.7 Å². The zero-order chi connectivity index (χ0) is 26.0. The number of hydrogen-bond donors (Lipinski definition) is 0. The summed E-state index contributed by atoms with van der Waals surface area (Å²) in [6.45, 7) is 0.437. The lowest BCUT2D eigenvalue weighted by atomic mass is 10.0. The molecule has 2 aromatic carbocycles. The van der Waals surface area contributed by atoms with Gasteiger partial charge in [0.2, 0.25) is 0 Å². The third-order valence-corrected chi connectivity index (χ3v) is 9.59. The van der Waals surface area contributed by atoms with Gasteiger partial charge in [-0.25, -0.2) is 8.42 Å². The summed E-state index contributed by atoms with van der Waals surface area (Å²) in [5.41, 5.74) is 3.85. The van der Waals surface area contributed by atoms with Crippen LogP contribution in [0.4, 0.5) is 0 Å². The number of rotatable bonds is 10. The number of thiophene rings is 1. The molecule has 0 spiro atoms. The molecule has 2 aromatic heterocycles. The molecule has 0 amide bonds. The molecule has 0 atom stereocenters. The summed E-state index contributed by atoms with van der Waals surface area (Å²) in [5, 5.41) is 5.39. The van der Waals surface area contributed by atoms with Gasteiger partial charge in [0.15, 0.2) is 15.6 Å². The zero-order valence-corrected chi connectivity index (χ0v) is 22.4. The van der Waals surface area contributed by atoms with E-state index in [4.69, 9.17) is 21.4 Å². The Balaban J connectivity index is 1.42. The molecule has 190 valence electrons. The first-order valence-electron chi connectivity index (χ1n) is 11.7. The Bertz CT molecular complexity index is 1650. The highest BCUT2D eigenvalue weighted by Gasteiger charge is 2.24. The number of fused-ring (bicyclic) bond motifs is 1. The quantitative estimate of drug-likeness (QED) is 0.253. The molecular formula is C27H24ClN3O4S2. The van der Waals surface area contributed by atoms with Gasteiger partial charge in [-0.05, 0) is 41.8 Å². The summed E-state index contributed by atoms with van der Waals surface area (Å²) in [5.74, 6) is 0.363. The summed E-state index contributed by atoms with van der Waals surface area (Å²) in [6.07, 6.45) is 5.18. The van der Waals surface area contributed by atoms with Crippen LogP contribution in [0.3, 0.4) is 0 Å². The fourth-order valence-corrected chi connectivity index (χ4v) is 7.23. The molecule has 0 aliphatic carbocycles. The van der Waals surface area contributed by atoms with Gasteiger partial charge in [-0.15, -0.1) is 11.3 Å².